The Morgan fingerprint density at radius 2 is 2.27 bits per heavy atom. The summed E-state index contributed by atoms with van der Waals surface area (Å²) in [7, 11) is 0. The van der Waals surface area contributed by atoms with Gasteiger partial charge in [0.15, 0.2) is 0 Å². The van der Waals surface area contributed by atoms with E-state index in [1.54, 1.807) is 21.1 Å². The van der Waals surface area contributed by atoms with Gasteiger partial charge in [-0.2, -0.15) is 0 Å². The van der Waals surface area contributed by atoms with E-state index in [-0.39, 0.29) is 0 Å². The van der Waals surface area contributed by atoms with Crippen LogP contribution in [0.25, 0.3) is 0 Å². The molecule has 0 aromatic carbocycles. The average molecular weight is 396 g/mol. The Morgan fingerprint density at radius 1 is 1.60 bits per heavy atom. The first-order valence-corrected chi connectivity index (χ1v) is 6.51. The van der Waals surface area contributed by atoms with E-state index in [4.69, 9.17) is 5.41 Å². The van der Waals surface area contributed by atoms with Crippen molar-refractivity contribution in [1.82, 2.24) is 2.71 Å². The number of hydrogen-bond acceptors (Lipinski definition) is 2. The van der Waals surface area contributed by atoms with E-state index >= 15 is 0 Å². The van der Waals surface area contributed by atoms with Crippen molar-refractivity contribution in [3.63, 3.8) is 0 Å². The molecule has 0 radical (unpaired) electrons. The molecule has 0 bridgehead atoms. The van der Waals surface area contributed by atoms with Gasteiger partial charge in [-0.25, -0.2) is 0 Å². The van der Waals surface area contributed by atoms with Crippen LogP contribution >= 0.6 is 0 Å². The van der Waals surface area contributed by atoms with E-state index in [9.17, 15) is 5.11 Å². The summed E-state index contributed by atoms with van der Waals surface area (Å²) in [4.78, 5) is 0. The molecule has 4 heteroatoms. The molecular formula is C11H15N2OTl. The molecule has 0 saturated heterocycles. The molecule has 0 heterocycles. The number of hydrogen-bond donors (Lipinski definition) is 2. The Hall–Kier alpha value is -0.688. The first-order valence-electron chi connectivity index (χ1n) is 4.51. The van der Waals surface area contributed by atoms with Gasteiger partial charge < -0.3 is 0 Å². The van der Waals surface area contributed by atoms with E-state index in [0.717, 1.165) is 5.57 Å². The number of allylic oxidation sites excluding steroid dienone is 3. The van der Waals surface area contributed by atoms with Crippen LogP contribution in [0, 0.1) is 5.41 Å². The maximum atomic E-state index is 9.74. The summed E-state index contributed by atoms with van der Waals surface area (Å²) >= 11 is 0.530. The molecule has 0 fully saturated rings. The van der Waals surface area contributed by atoms with Crippen molar-refractivity contribution in [3.8, 4) is 0 Å². The van der Waals surface area contributed by atoms with Crippen molar-refractivity contribution in [2.45, 2.75) is 13.0 Å². The van der Waals surface area contributed by atoms with Crippen molar-refractivity contribution in [1.29, 1.82) is 5.41 Å². The Bertz CT molecular complexity index is 295. The third kappa shape index (κ3) is 6.40. The topological polar surface area (TPSA) is 47.3 Å². The number of aliphatic hydroxyl groups excluding tert-OH is 1. The zero-order valence-electron chi connectivity index (χ0n) is 8.80. The van der Waals surface area contributed by atoms with Crippen LogP contribution in [0.4, 0.5) is 0 Å². The zero-order chi connectivity index (χ0) is 11.7. The molecular weight excluding hydrogens is 381 g/mol. The second-order valence-electron chi connectivity index (χ2n) is 2.76. The van der Waals surface area contributed by atoms with E-state index in [1.165, 1.54) is 6.34 Å². The predicted molar refractivity (Wildman–Crippen MR) is 64.6 cm³/mol. The predicted octanol–water partition coefficient (Wildman–Crippen LogP) is 1.54. The van der Waals surface area contributed by atoms with Gasteiger partial charge in [0, 0.05) is 0 Å². The minimum atomic E-state index is -0.667. The summed E-state index contributed by atoms with van der Waals surface area (Å²) in [5.74, 6) is 0. The quantitative estimate of drug-likeness (QED) is 0.310. The molecule has 0 aliphatic carbocycles. The summed E-state index contributed by atoms with van der Waals surface area (Å²) in [6, 6.07) is 0. The molecule has 1 unspecified atom stereocenters. The molecule has 1 atom stereocenters. The number of nitrogens with zero attached hydrogens (tertiary/aromatic N) is 1. The van der Waals surface area contributed by atoms with Crippen LogP contribution < -0.4 is 0 Å². The van der Waals surface area contributed by atoms with Crippen LogP contribution in [0.2, 0.25) is 0 Å². The van der Waals surface area contributed by atoms with Gasteiger partial charge in [0.1, 0.15) is 0 Å². The second kappa shape index (κ2) is 8.61. The number of aliphatic hydroxyl groups is 1. The summed E-state index contributed by atoms with van der Waals surface area (Å²) in [5, 5.41) is 16.7. The molecule has 0 saturated carbocycles. The van der Waals surface area contributed by atoms with Crippen LogP contribution in [-0.4, -0.2) is 46.3 Å². The summed E-state index contributed by atoms with van der Waals surface area (Å²) in [6.07, 6.45) is 11.1. The molecule has 0 aromatic rings. The second-order valence-corrected chi connectivity index (χ2v) is 5.08. The van der Waals surface area contributed by atoms with E-state index in [1.807, 2.05) is 25.2 Å². The monoisotopic (exact) mass is 396 g/mol. The van der Waals surface area contributed by atoms with Crippen LogP contribution in [-0.2, 0) is 0 Å². The summed E-state index contributed by atoms with van der Waals surface area (Å²) in [5.41, 5.74) is 0.743. The normalized spacial score (nSPS) is 14.3. The molecule has 15 heavy (non-hydrogen) atoms. The van der Waals surface area contributed by atoms with Gasteiger partial charge in [-0.1, -0.05) is 0 Å². The van der Waals surface area contributed by atoms with Crippen LogP contribution in [0.5, 0.6) is 0 Å². The van der Waals surface area contributed by atoms with Crippen molar-refractivity contribution < 1.29 is 5.11 Å². The van der Waals surface area contributed by atoms with E-state index in [2.05, 4.69) is 6.58 Å². The zero-order valence-corrected chi connectivity index (χ0v) is 13.3. The van der Waals surface area contributed by atoms with Gasteiger partial charge in [0.2, 0.25) is 0 Å². The molecule has 0 amide bonds. The van der Waals surface area contributed by atoms with Gasteiger partial charge in [0.25, 0.3) is 0 Å². The first kappa shape index (κ1) is 14.3. The molecule has 3 nitrogen and oxygen atoms in total. The van der Waals surface area contributed by atoms with Crippen molar-refractivity contribution >= 4 is 32.4 Å². The Balaban J connectivity index is 4.52. The van der Waals surface area contributed by atoms with Crippen LogP contribution in [0.15, 0.2) is 48.7 Å². The molecule has 0 spiro atoms. The van der Waals surface area contributed by atoms with Gasteiger partial charge in [-0.15, -0.1) is 0 Å². The molecule has 0 aliphatic rings. The minimum absolute atomic E-state index is 0.530. The van der Waals surface area contributed by atoms with E-state index in [0.29, 0.717) is 26.1 Å². The molecule has 2 N–H and O–H groups in total. The third-order valence-corrected chi connectivity index (χ3v) is 2.90. The summed E-state index contributed by atoms with van der Waals surface area (Å²) in [6.45, 7) is 5.55. The number of rotatable bonds is 6. The third-order valence-electron chi connectivity index (χ3n) is 1.65. The Labute approximate surface area is 107 Å². The maximum absolute atomic E-state index is 9.74. The van der Waals surface area contributed by atoms with Gasteiger partial charge in [0.05, 0.1) is 0 Å². The fraction of sp³-hybridized carbons (Fsp3) is 0.182. The van der Waals surface area contributed by atoms with Crippen molar-refractivity contribution in [2.24, 2.45) is 0 Å². The SMILES string of the molecule is C=C/C(=C\C=C/C)C(O)/C=C/[N]([Tl])C=N. The van der Waals surface area contributed by atoms with Gasteiger partial charge >= 0.3 is 107 Å². The van der Waals surface area contributed by atoms with E-state index < -0.39 is 6.10 Å². The van der Waals surface area contributed by atoms with Crippen molar-refractivity contribution in [2.75, 3.05) is 0 Å². The Morgan fingerprint density at radius 3 is 2.73 bits per heavy atom. The summed E-state index contributed by atoms with van der Waals surface area (Å²) < 4.78 is 1.71. The first-order chi connectivity index (χ1) is 7.15. The molecule has 78 valence electrons. The standard InChI is InChI=1S/C11H15N2O.Tl/c1-3-5-6-10(4-2)11(14)7-8-13-9-12;/h3-9,11,14H,2H2,1H3,(H-,12,13);/q-1;+1/b5-3-,8-7+,10-6+;. The molecule has 0 aliphatic heterocycles. The fourth-order valence-electron chi connectivity index (χ4n) is 0.830. The number of nitrogens with one attached hydrogen (secondary N) is 1. The molecule has 0 aromatic heterocycles. The molecule has 0 rings (SSSR count). The van der Waals surface area contributed by atoms with Crippen LogP contribution in [0.3, 0.4) is 0 Å². The average Bonchev–Trinajstić information content (AvgIpc) is 2.26. The Kier molecular flexibility index (Phi) is 8.21. The fourth-order valence-corrected chi connectivity index (χ4v) is 1.22. The van der Waals surface area contributed by atoms with Gasteiger partial charge in [-0.3, -0.25) is 0 Å². The van der Waals surface area contributed by atoms with Crippen molar-refractivity contribution in [3.05, 3.63) is 48.7 Å². The van der Waals surface area contributed by atoms with Crippen LogP contribution in [0.1, 0.15) is 6.92 Å². The van der Waals surface area contributed by atoms with Gasteiger partial charge in [-0.05, 0) is 0 Å².